The van der Waals surface area contributed by atoms with E-state index in [4.69, 9.17) is 0 Å². The van der Waals surface area contributed by atoms with Crippen molar-refractivity contribution in [1.29, 1.82) is 0 Å². The molecule has 18 heavy (non-hydrogen) atoms. The maximum Gasteiger partial charge on any atom is 0.416 e. The Morgan fingerprint density at radius 3 is 2.22 bits per heavy atom. The van der Waals surface area contributed by atoms with Crippen molar-refractivity contribution in [2.45, 2.75) is 11.1 Å². The zero-order chi connectivity index (χ0) is 13.3. The summed E-state index contributed by atoms with van der Waals surface area (Å²) in [5.74, 6) is 0. The van der Waals surface area contributed by atoms with E-state index in [2.05, 4.69) is 0 Å². The van der Waals surface area contributed by atoms with Crippen LogP contribution in [0.2, 0.25) is 0 Å². The van der Waals surface area contributed by atoms with Gasteiger partial charge in [0.2, 0.25) is 0 Å². The molecule has 0 amide bonds. The van der Waals surface area contributed by atoms with Gasteiger partial charge in [0.05, 0.1) is 26.1 Å². The molecule has 1 aromatic heterocycles. The van der Waals surface area contributed by atoms with Gasteiger partial charge in [0.25, 0.3) is 0 Å². The van der Waals surface area contributed by atoms with Crippen LogP contribution in [0.25, 0.3) is 10.4 Å². The van der Waals surface area contributed by atoms with Crippen molar-refractivity contribution in [2.75, 3.05) is 6.26 Å². The monoisotopic (exact) mass is 290 g/mol. The molecule has 1 heterocycles. The highest BCUT2D eigenvalue weighted by Crippen LogP contribution is 2.34. The van der Waals surface area contributed by atoms with Gasteiger partial charge in [-0.3, -0.25) is 4.21 Å². The first-order valence-corrected chi connectivity index (χ1v) is 7.42. The molecule has 0 spiro atoms. The summed E-state index contributed by atoms with van der Waals surface area (Å²) in [5.41, 5.74) is -0.0230. The van der Waals surface area contributed by atoms with Crippen molar-refractivity contribution in [3.05, 3.63) is 41.3 Å². The zero-order valence-corrected chi connectivity index (χ0v) is 11.0. The Morgan fingerprint density at radius 2 is 1.72 bits per heavy atom. The minimum Gasteiger partial charge on any atom is -0.255 e. The number of alkyl halides is 3. The third-order valence-electron chi connectivity index (χ3n) is 2.41. The van der Waals surface area contributed by atoms with Gasteiger partial charge in [0.15, 0.2) is 0 Å². The minimum atomic E-state index is -4.33. The average Bonchev–Trinajstić information content (AvgIpc) is 2.77. The highest BCUT2D eigenvalue weighted by molar-refractivity contribution is 7.84. The first-order chi connectivity index (χ1) is 8.39. The lowest BCUT2D eigenvalue weighted by atomic mass is 10.1. The number of halogens is 3. The molecule has 0 saturated heterocycles. The van der Waals surface area contributed by atoms with E-state index in [0.717, 1.165) is 17.0 Å². The Kier molecular flexibility index (Phi) is 3.59. The van der Waals surface area contributed by atoms with E-state index in [1.165, 1.54) is 23.5 Å². The largest absolute Gasteiger partial charge is 0.416 e. The summed E-state index contributed by atoms with van der Waals surface area (Å²) >= 11 is 1.37. The fourth-order valence-corrected chi connectivity index (χ4v) is 3.56. The molecular weight excluding hydrogens is 281 g/mol. The number of thiophene rings is 1. The van der Waals surface area contributed by atoms with Crippen LogP contribution < -0.4 is 0 Å². The third kappa shape index (κ3) is 2.64. The van der Waals surface area contributed by atoms with Gasteiger partial charge in [-0.1, -0.05) is 12.1 Å². The quantitative estimate of drug-likeness (QED) is 0.811. The fraction of sp³-hybridized carbons (Fsp3) is 0.167. The molecule has 0 aliphatic rings. The topological polar surface area (TPSA) is 17.1 Å². The summed E-state index contributed by atoms with van der Waals surface area (Å²) in [4.78, 5) is 1.41. The Morgan fingerprint density at radius 1 is 1.11 bits per heavy atom. The van der Waals surface area contributed by atoms with Crippen LogP contribution in [-0.2, 0) is 17.0 Å². The molecule has 0 bridgehead atoms. The number of hydrogen-bond donors (Lipinski definition) is 0. The van der Waals surface area contributed by atoms with Gasteiger partial charge >= 0.3 is 6.18 Å². The Hall–Kier alpha value is -1.14. The van der Waals surface area contributed by atoms with Crippen molar-refractivity contribution < 1.29 is 17.4 Å². The number of hydrogen-bond acceptors (Lipinski definition) is 2. The molecule has 0 radical (unpaired) electrons. The van der Waals surface area contributed by atoms with Crippen LogP contribution in [-0.4, -0.2) is 10.5 Å². The third-order valence-corrected chi connectivity index (χ3v) is 4.47. The maximum absolute atomic E-state index is 12.4. The predicted octanol–water partition coefficient (Wildman–Crippen LogP) is 4.17. The SMILES string of the molecule is CS(=O)c1ccsc1-c1ccc(C(F)(F)F)cc1. The van der Waals surface area contributed by atoms with Gasteiger partial charge in [-0.2, -0.15) is 13.2 Å². The Balaban J connectivity index is 2.41. The smallest absolute Gasteiger partial charge is 0.255 e. The Bertz CT molecular complexity index is 570. The van der Waals surface area contributed by atoms with Gasteiger partial charge in [-0.25, -0.2) is 0 Å². The summed E-state index contributed by atoms with van der Waals surface area (Å²) in [6, 6.07) is 6.62. The van der Waals surface area contributed by atoms with Gasteiger partial charge in [-0.15, -0.1) is 11.3 Å². The van der Waals surface area contributed by atoms with E-state index in [9.17, 15) is 17.4 Å². The van der Waals surface area contributed by atoms with Crippen LogP contribution in [0, 0.1) is 0 Å². The molecule has 0 aliphatic heterocycles. The van der Waals surface area contributed by atoms with Crippen LogP contribution in [0.1, 0.15) is 5.56 Å². The second-order valence-electron chi connectivity index (χ2n) is 3.64. The molecule has 0 N–H and O–H groups in total. The summed E-state index contributed by atoms with van der Waals surface area (Å²) in [6.07, 6.45) is -2.78. The summed E-state index contributed by atoms with van der Waals surface area (Å²) < 4.78 is 48.7. The van der Waals surface area contributed by atoms with E-state index in [0.29, 0.717) is 10.5 Å². The zero-order valence-electron chi connectivity index (χ0n) is 9.32. The first-order valence-electron chi connectivity index (χ1n) is 4.98. The lowest BCUT2D eigenvalue weighted by Crippen LogP contribution is -2.04. The molecule has 1 nitrogen and oxygen atoms in total. The molecular formula is C12H9F3OS2. The molecule has 1 unspecified atom stereocenters. The van der Waals surface area contributed by atoms with Crippen LogP contribution in [0.15, 0.2) is 40.6 Å². The van der Waals surface area contributed by atoms with Crippen LogP contribution >= 0.6 is 11.3 Å². The normalized spacial score (nSPS) is 13.6. The van der Waals surface area contributed by atoms with Gasteiger partial charge in [0, 0.05) is 6.26 Å². The van der Waals surface area contributed by atoms with Gasteiger partial charge < -0.3 is 0 Å². The van der Waals surface area contributed by atoms with Crippen molar-refractivity contribution >= 4 is 22.1 Å². The summed E-state index contributed by atoms with van der Waals surface area (Å²) in [7, 11) is -1.14. The standard InChI is InChI=1S/C12H9F3OS2/c1-18(16)10-6-7-17-11(10)8-2-4-9(5-3-8)12(13,14)15/h2-7H,1H3. The van der Waals surface area contributed by atoms with Crippen molar-refractivity contribution in [3.8, 4) is 10.4 Å². The van der Waals surface area contributed by atoms with E-state index >= 15 is 0 Å². The molecule has 0 fully saturated rings. The molecule has 2 rings (SSSR count). The van der Waals surface area contributed by atoms with Crippen LogP contribution in [0.5, 0.6) is 0 Å². The molecule has 2 aromatic rings. The summed E-state index contributed by atoms with van der Waals surface area (Å²) in [5, 5.41) is 1.78. The lowest BCUT2D eigenvalue weighted by molar-refractivity contribution is -0.137. The van der Waals surface area contributed by atoms with E-state index in [1.54, 1.807) is 17.7 Å². The van der Waals surface area contributed by atoms with Crippen molar-refractivity contribution in [1.82, 2.24) is 0 Å². The van der Waals surface area contributed by atoms with E-state index in [1.807, 2.05) is 0 Å². The first kappa shape index (κ1) is 13.3. The molecule has 0 aliphatic carbocycles. The molecule has 0 saturated carbocycles. The second kappa shape index (κ2) is 4.85. The second-order valence-corrected chi connectivity index (χ2v) is 5.91. The molecule has 96 valence electrons. The van der Waals surface area contributed by atoms with E-state index in [-0.39, 0.29) is 0 Å². The molecule has 1 atom stereocenters. The lowest BCUT2D eigenvalue weighted by Gasteiger charge is -2.07. The molecule has 1 aromatic carbocycles. The number of rotatable bonds is 2. The van der Waals surface area contributed by atoms with Crippen LogP contribution in [0.3, 0.4) is 0 Å². The van der Waals surface area contributed by atoms with Gasteiger partial charge in [0.1, 0.15) is 0 Å². The molecule has 6 heteroatoms. The fourth-order valence-electron chi connectivity index (χ4n) is 1.54. The van der Waals surface area contributed by atoms with Crippen molar-refractivity contribution in [2.24, 2.45) is 0 Å². The highest BCUT2D eigenvalue weighted by Gasteiger charge is 2.30. The minimum absolute atomic E-state index is 0.653. The van der Waals surface area contributed by atoms with Gasteiger partial charge in [-0.05, 0) is 29.1 Å². The predicted molar refractivity (Wildman–Crippen MR) is 67.1 cm³/mol. The Labute approximate surface area is 109 Å². The average molecular weight is 290 g/mol. The number of benzene rings is 1. The van der Waals surface area contributed by atoms with Crippen LogP contribution in [0.4, 0.5) is 13.2 Å². The summed E-state index contributed by atoms with van der Waals surface area (Å²) in [6.45, 7) is 0. The highest BCUT2D eigenvalue weighted by atomic mass is 32.2. The van der Waals surface area contributed by atoms with Crippen molar-refractivity contribution in [3.63, 3.8) is 0 Å². The van der Waals surface area contributed by atoms with E-state index < -0.39 is 22.5 Å². The maximum atomic E-state index is 12.4.